The molecule has 0 saturated carbocycles. The van der Waals surface area contributed by atoms with Crippen LogP contribution in [0.15, 0.2) is 91.6 Å². The molecule has 2 N–H and O–H groups in total. The average Bonchev–Trinajstić information content (AvgIpc) is 3.25. The molecule has 168 valence electrons. The van der Waals surface area contributed by atoms with Crippen molar-refractivity contribution in [2.75, 3.05) is 6.61 Å². The molecule has 1 amide bonds. The molecule has 5 rings (SSSR count). The number of aromatic nitrogens is 2. The van der Waals surface area contributed by atoms with Crippen LogP contribution in [0.5, 0.6) is 5.75 Å². The predicted molar refractivity (Wildman–Crippen MR) is 133 cm³/mol. The first kappa shape index (κ1) is 21.6. The number of nitrogens with two attached hydrogens (primary N) is 1. The second-order valence-corrected chi connectivity index (χ2v) is 8.32. The summed E-state index contributed by atoms with van der Waals surface area (Å²) in [5.41, 5.74) is 6.58. The first-order valence-electron chi connectivity index (χ1n) is 10.3. The highest BCUT2D eigenvalue weighted by atomic mass is 79.9. The lowest BCUT2D eigenvalue weighted by atomic mass is 10.2. The number of ether oxygens (including phenoxy) is 1. The maximum atomic E-state index is 13.4. The summed E-state index contributed by atoms with van der Waals surface area (Å²) in [6.45, 7) is -0.276. The summed E-state index contributed by atoms with van der Waals surface area (Å²) in [6, 6.07) is 21.5. The normalized spacial score (nSPS) is 11.4. The zero-order valence-corrected chi connectivity index (χ0v) is 19.2. The Morgan fingerprint density at radius 2 is 1.91 bits per heavy atom. The molecule has 0 aliphatic carbocycles. The molecular weight excluding hydrogens is 500 g/mol. The second-order valence-electron chi connectivity index (χ2n) is 7.40. The van der Waals surface area contributed by atoms with Crippen LogP contribution in [0.1, 0.15) is 5.56 Å². The second kappa shape index (κ2) is 8.95. The number of hydrogen-bond donors (Lipinski definition) is 1. The Morgan fingerprint density at radius 3 is 2.76 bits per heavy atom. The van der Waals surface area contributed by atoms with Gasteiger partial charge in [0.05, 0.1) is 17.1 Å². The number of amides is 1. The molecule has 0 spiro atoms. The molecule has 0 unspecified atom stereocenters. The maximum absolute atomic E-state index is 13.4. The minimum absolute atomic E-state index is 0.253. The highest BCUT2D eigenvalue weighted by Crippen LogP contribution is 2.29. The minimum atomic E-state index is -0.597. The fraction of sp³-hybridized carbons (Fsp3) is 0.0400. The van der Waals surface area contributed by atoms with Gasteiger partial charge in [-0.3, -0.25) is 9.59 Å². The van der Waals surface area contributed by atoms with Crippen molar-refractivity contribution in [3.8, 4) is 17.3 Å². The van der Waals surface area contributed by atoms with Gasteiger partial charge in [-0.1, -0.05) is 40.2 Å². The average molecular weight is 517 g/mol. The third kappa shape index (κ3) is 4.20. The fourth-order valence-corrected chi connectivity index (χ4v) is 3.88. The molecule has 0 atom stereocenters. The van der Waals surface area contributed by atoms with E-state index in [0.717, 1.165) is 9.86 Å². The lowest BCUT2D eigenvalue weighted by molar-refractivity contribution is -0.119. The van der Waals surface area contributed by atoms with Crippen LogP contribution >= 0.6 is 15.9 Å². The van der Waals surface area contributed by atoms with E-state index in [1.807, 2.05) is 30.3 Å². The highest BCUT2D eigenvalue weighted by molar-refractivity contribution is 9.10. The van der Waals surface area contributed by atoms with Crippen molar-refractivity contribution in [1.82, 2.24) is 9.66 Å². The maximum Gasteiger partial charge on any atom is 0.282 e. The van der Waals surface area contributed by atoms with Gasteiger partial charge in [-0.25, -0.2) is 4.98 Å². The van der Waals surface area contributed by atoms with Gasteiger partial charge in [-0.2, -0.15) is 9.78 Å². The zero-order chi connectivity index (χ0) is 23.7. The van der Waals surface area contributed by atoms with Crippen LogP contribution < -0.4 is 16.0 Å². The molecule has 0 fully saturated rings. The van der Waals surface area contributed by atoms with Crippen molar-refractivity contribution in [2.45, 2.75) is 0 Å². The molecule has 0 bridgehead atoms. The van der Waals surface area contributed by atoms with Crippen LogP contribution in [0.2, 0.25) is 0 Å². The summed E-state index contributed by atoms with van der Waals surface area (Å²) in [5.74, 6) is 0.455. The molecule has 3 aromatic carbocycles. The molecule has 8 nitrogen and oxygen atoms in total. The fourth-order valence-electron chi connectivity index (χ4n) is 3.50. The van der Waals surface area contributed by atoms with E-state index in [4.69, 9.17) is 14.9 Å². The van der Waals surface area contributed by atoms with Crippen LogP contribution in [0.25, 0.3) is 33.5 Å². The molecule has 2 aromatic heterocycles. The first-order valence-corrected chi connectivity index (χ1v) is 11.0. The van der Waals surface area contributed by atoms with E-state index in [2.05, 4.69) is 26.0 Å². The van der Waals surface area contributed by atoms with Crippen LogP contribution in [0.3, 0.4) is 0 Å². The summed E-state index contributed by atoms with van der Waals surface area (Å²) >= 11 is 3.46. The number of furan rings is 1. The largest absolute Gasteiger partial charge is 0.483 e. The van der Waals surface area contributed by atoms with E-state index in [-0.39, 0.29) is 18.0 Å². The SMILES string of the molecule is NC(=O)COc1ccccc1C=Nn1c(-c2cc3cc(Br)ccc3o2)nc2ccccc2c1=O. The standard InChI is InChI=1S/C25H17BrN4O4/c26-17-9-10-21-16(11-17)12-22(34-21)24-29-19-7-3-2-6-18(19)25(32)30(24)28-13-15-5-1-4-8-20(15)33-14-23(27)31/h1-13H,14H2,(H2,27,31). The minimum Gasteiger partial charge on any atom is -0.483 e. The van der Waals surface area contributed by atoms with Crippen LogP contribution in [-0.4, -0.2) is 28.4 Å². The molecule has 0 aliphatic heterocycles. The monoisotopic (exact) mass is 516 g/mol. The van der Waals surface area contributed by atoms with Crippen molar-refractivity contribution in [3.63, 3.8) is 0 Å². The third-order valence-electron chi connectivity index (χ3n) is 5.05. The van der Waals surface area contributed by atoms with Gasteiger partial charge >= 0.3 is 0 Å². The van der Waals surface area contributed by atoms with E-state index in [0.29, 0.717) is 33.6 Å². The van der Waals surface area contributed by atoms with Crippen molar-refractivity contribution in [2.24, 2.45) is 10.8 Å². The van der Waals surface area contributed by atoms with Crippen molar-refractivity contribution < 1.29 is 13.9 Å². The summed E-state index contributed by atoms with van der Waals surface area (Å²) in [5, 5.41) is 5.70. The van der Waals surface area contributed by atoms with Gasteiger partial charge in [0.25, 0.3) is 11.5 Å². The van der Waals surface area contributed by atoms with Gasteiger partial charge < -0.3 is 14.9 Å². The summed E-state index contributed by atoms with van der Waals surface area (Å²) in [4.78, 5) is 29.2. The number of rotatable bonds is 6. The molecule has 34 heavy (non-hydrogen) atoms. The first-order chi connectivity index (χ1) is 16.5. The topological polar surface area (TPSA) is 113 Å². The van der Waals surface area contributed by atoms with Crippen LogP contribution in [-0.2, 0) is 4.79 Å². The Hall–Kier alpha value is -4.24. The third-order valence-corrected chi connectivity index (χ3v) is 5.55. The summed E-state index contributed by atoms with van der Waals surface area (Å²) in [6.07, 6.45) is 1.47. The van der Waals surface area contributed by atoms with Gasteiger partial charge in [-0.05, 0) is 48.5 Å². The van der Waals surface area contributed by atoms with Gasteiger partial charge in [0.15, 0.2) is 12.4 Å². The number of carbonyl (C=O) groups is 1. The number of fused-ring (bicyclic) bond motifs is 2. The van der Waals surface area contributed by atoms with Crippen molar-refractivity contribution in [1.29, 1.82) is 0 Å². The smallest absolute Gasteiger partial charge is 0.282 e. The summed E-state index contributed by atoms with van der Waals surface area (Å²) < 4.78 is 13.6. The lowest BCUT2D eigenvalue weighted by Gasteiger charge is -2.09. The molecule has 0 saturated heterocycles. The number of halogens is 1. The number of hydrogen-bond acceptors (Lipinski definition) is 6. The van der Waals surface area contributed by atoms with Crippen LogP contribution in [0.4, 0.5) is 0 Å². The van der Waals surface area contributed by atoms with Gasteiger partial charge in [-0.15, -0.1) is 0 Å². The highest BCUT2D eigenvalue weighted by Gasteiger charge is 2.16. The van der Waals surface area contributed by atoms with E-state index in [1.54, 1.807) is 42.5 Å². The molecule has 2 heterocycles. The van der Waals surface area contributed by atoms with Crippen LogP contribution in [0, 0.1) is 0 Å². The predicted octanol–water partition coefficient (Wildman–Crippen LogP) is 4.32. The number of carbonyl (C=O) groups excluding carboxylic acids is 1. The molecule has 5 aromatic rings. The van der Waals surface area contributed by atoms with E-state index in [9.17, 15) is 9.59 Å². The number of para-hydroxylation sites is 2. The molecule has 0 radical (unpaired) electrons. The Morgan fingerprint density at radius 1 is 1.12 bits per heavy atom. The van der Waals surface area contributed by atoms with Crippen molar-refractivity contribution >= 4 is 49.9 Å². The Balaban J connectivity index is 1.67. The quantitative estimate of drug-likeness (QED) is 0.337. The Bertz CT molecular complexity index is 1640. The van der Waals surface area contributed by atoms with Gasteiger partial charge in [0.1, 0.15) is 11.3 Å². The number of nitrogens with zero attached hydrogens (tertiary/aromatic N) is 3. The van der Waals surface area contributed by atoms with Gasteiger partial charge in [0.2, 0.25) is 5.82 Å². The Labute approximate surface area is 201 Å². The number of primary amides is 1. The van der Waals surface area contributed by atoms with Gasteiger partial charge in [0, 0.05) is 15.4 Å². The zero-order valence-electron chi connectivity index (χ0n) is 17.6. The molecular formula is C25H17BrN4O4. The molecule has 0 aliphatic rings. The lowest BCUT2D eigenvalue weighted by Crippen LogP contribution is -2.21. The van der Waals surface area contributed by atoms with E-state index < -0.39 is 5.91 Å². The van der Waals surface area contributed by atoms with E-state index in [1.165, 1.54) is 10.9 Å². The molecule has 9 heteroatoms. The number of benzene rings is 3. The van der Waals surface area contributed by atoms with Crippen molar-refractivity contribution in [3.05, 3.63) is 93.2 Å². The Kier molecular flexibility index (Phi) is 5.69. The summed E-state index contributed by atoms with van der Waals surface area (Å²) in [7, 11) is 0. The van der Waals surface area contributed by atoms with E-state index >= 15 is 0 Å².